The van der Waals surface area contributed by atoms with E-state index in [1.807, 2.05) is 6.92 Å². The molecule has 0 bridgehead atoms. The maximum Gasteiger partial charge on any atom is 0.302 e. The average Bonchev–Trinajstić information content (AvgIpc) is 2.13. The smallest absolute Gasteiger partial charge is 0.302 e. The number of esters is 1. The van der Waals surface area contributed by atoms with Gasteiger partial charge in [0.25, 0.3) is 0 Å². The van der Waals surface area contributed by atoms with Gasteiger partial charge in [-0.05, 0) is 6.92 Å². The first-order chi connectivity index (χ1) is 6.18. The van der Waals surface area contributed by atoms with Crippen molar-refractivity contribution < 1.29 is 24.5 Å². The lowest BCUT2D eigenvalue weighted by atomic mass is 10.7. The Morgan fingerprint density at radius 2 is 1.77 bits per heavy atom. The summed E-state index contributed by atoms with van der Waals surface area (Å²) in [6.45, 7) is 4.56. The maximum absolute atomic E-state index is 10.1. The molecule has 5 nitrogen and oxygen atoms in total. The Kier molecular flexibility index (Phi) is 15.9. The van der Waals surface area contributed by atoms with E-state index in [4.69, 9.17) is 14.9 Å². The summed E-state index contributed by atoms with van der Waals surface area (Å²) in [6, 6.07) is 0. The molecule has 0 unspecified atom stereocenters. The quantitative estimate of drug-likeness (QED) is 0.458. The van der Waals surface area contributed by atoms with Crippen LogP contribution in [0.2, 0.25) is 0 Å². The van der Waals surface area contributed by atoms with Crippen LogP contribution in [0.5, 0.6) is 0 Å². The van der Waals surface area contributed by atoms with E-state index in [1.165, 1.54) is 6.92 Å². The van der Waals surface area contributed by atoms with Gasteiger partial charge in [0.1, 0.15) is 6.61 Å². The highest BCUT2D eigenvalue weighted by Crippen LogP contribution is 1.77. The zero-order valence-corrected chi connectivity index (χ0v) is 8.15. The summed E-state index contributed by atoms with van der Waals surface area (Å²) >= 11 is 0. The van der Waals surface area contributed by atoms with E-state index in [9.17, 15) is 4.79 Å². The van der Waals surface area contributed by atoms with Crippen molar-refractivity contribution in [2.24, 2.45) is 0 Å². The topological polar surface area (TPSA) is 76.0 Å². The Morgan fingerprint density at radius 3 is 2.08 bits per heavy atom. The molecular formula is C8H18O5. The highest BCUT2D eigenvalue weighted by Gasteiger charge is 1.89. The molecule has 0 aliphatic carbocycles. The molecule has 0 aliphatic rings. The molecule has 0 saturated heterocycles. The third kappa shape index (κ3) is 24.6. The Balaban J connectivity index is 0. The predicted octanol–water partition coefficient (Wildman–Crippen LogP) is -0.443. The van der Waals surface area contributed by atoms with Crippen molar-refractivity contribution in [2.75, 3.05) is 33.0 Å². The Labute approximate surface area is 78.3 Å². The fraction of sp³-hybridized carbons (Fsp3) is 0.875. The molecule has 0 fully saturated rings. The molecule has 0 aliphatic heterocycles. The molecule has 2 N–H and O–H groups in total. The first-order valence-electron chi connectivity index (χ1n) is 4.11. The number of aliphatic hydroxyl groups excluding tert-OH is 2. The summed E-state index contributed by atoms with van der Waals surface area (Å²) in [5.41, 5.74) is 0. The molecule has 80 valence electrons. The summed E-state index contributed by atoms with van der Waals surface area (Å²) in [4.78, 5) is 10.1. The van der Waals surface area contributed by atoms with Gasteiger partial charge in [0.05, 0.1) is 19.8 Å². The van der Waals surface area contributed by atoms with Crippen LogP contribution in [-0.4, -0.2) is 49.2 Å². The van der Waals surface area contributed by atoms with Crippen LogP contribution in [0.4, 0.5) is 0 Å². The number of hydrogen-bond acceptors (Lipinski definition) is 5. The largest absolute Gasteiger partial charge is 0.463 e. The second kappa shape index (κ2) is 13.9. The van der Waals surface area contributed by atoms with E-state index >= 15 is 0 Å². The number of carbonyl (C=O) groups is 1. The van der Waals surface area contributed by atoms with E-state index in [0.717, 1.165) is 0 Å². The van der Waals surface area contributed by atoms with E-state index < -0.39 is 0 Å². The number of rotatable bonds is 5. The first-order valence-corrected chi connectivity index (χ1v) is 4.11. The third-order valence-corrected chi connectivity index (χ3v) is 0.837. The lowest BCUT2D eigenvalue weighted by Crippen LogP contribution is -2.06. The lowest BCUT2D eigenvalue weighted by molar-refractivity contribution is -0.142. The van der Waals surface area contributed by atoms with Crippen LogP contribution in [0, 0.1) is 0 Å². The maximum atomic E-state index is 10.1. The van der Waals surface area contributed by atoms with Crippen LogP contribution < -0.4 is 0 Å². The molecule has 0 amide bonds. The van der Waals surface area contributed by atoms with Gasteiger partial charge in [0.2, 0.25) is 0 Å². The highest BCUT2D eigenvalue weighted by molar-refractivity contribution is 5.65. The van der Waals surface area contributed by atoms with Gasteiger partial charge in [0.15, 0.2) is 0 Å². The minimum Gasteiger partial charge on any atom is -0.463 e. The normalized spacial score (nSPS) is 8.62. The van der Waals surface area contributed by atoms with E-state index in [2.05, 4.69) is 4.74 Å². The number of ether oxygens (including phenoxy) is 2. The molecule has 0 spiro atoms. The molecule has 0 heterocycles. The van der Waals surface area contributed by atoms with Gasteiger partial charge in [-0.3, -0.25) is 4.79 Å². The summed E-state index contributed by atoms with van der Waals surface area (Å²) < 4.78 is 9.49. The zero-order chi connectivity index (χ0) is 10.5. The summed E-state index contributed by atoms with van der Waals surface area (Å²) in [6.07, 6.45) is 0. The van der Waals surface area contributed by atoms with Gasteiger partial charge in [-0.25, -0.2) is 0 Å². The standard InChI is InChI=1S/C6H12O3.C2H6O2/c1-3-8-4-5-9-6(2)7;3-1-2-4/h3-5H2,1-2H3;3-4H,1-2H2. The van der Waals surface area contributed by atoms with Crippen molar-refractivity contribution >= 4 is 5.97 Å². The zero-order valence-electron chi connectivity index (χ0n) is 8.15. The SMILES string of the molecule is CCOCCOC(C)=O.OCCO. The molecule has 0 radical (unpaired) electrons. The molecule has 0 aromatic carbocycles. The first kappa shape index (κ1) is 14.9. The molecule has 0 aromatic heterocycles. The van der Waals surface area contributed by atoms with Crippen molar-refractivity contribution in [2.45, 2.75) is 13.8 Å². The van der Waals surface area contributed by atoms with E-state index in [-0.39, 0.29) is 19.2 Å². The Hall–Kier alpha value is -0.650. The number of hydrogen-bond donors (Lipinski definition) is 2. The van der Waals surface area contributed by atoms with Crippen LogP contribution in [0.1, 0.15) is 13.8 Å². The van der Waals surface area contributed by atoms with Gasteiger partial charge < -0.3 is 19.7 Å². The van der Waals surface area contributed by atoms with Crippen LogP contribution >= 0.6 is 0 Å². The van der Waals surface area contributed by atoms with Gasteiger partial charge in [-0.2, -0.15) is 0 Å². The van der Waals surface area contributed by atoms with E-state index in [0.29, 0.717) is 19.8 Å². The number of aliphatic hydroxyl groups is 2. The second-order valence-corrected chi connectivity index (χ2v) is 1.98. The Morgan fingerprint density at radius 1 is 1.23 bits per heavy atom. The monoisotopic (exact) mass is 194 g/mol. The Bertz CT molecular complexity index is 103. The third-order valence-electron chi connectivity index (χ3n) is 0.837. The van der Waals surface area contributed by atoms with Crippen LogP contribution in [-0.2, 0) is 14.3 Å². The predicted molar refractivity (Wildman–Crippen MR) is 47.3 cm³/mol. The molecule has 5 heteroatoms. The van der Waals surface area contributed by atoms with Gasteiger partial charge in [-0.1, -0.05) is 0 Å². The summed E-state index contributed by atoms with van der Waals surface area (Å²) in [5, 5.41) is 15.2. The molecule has 0 saturated carbocycles. The summed E-state index contributed by atoms with van der Waals surface area (Å²) in [7, 11) is 0. The fourth-order valence-electron chi connectivity index (χ4n) is 0.389. The van der Waals surface area contributed by atoms with Crippen molar-refractivity contribution in [1.82, 2.24) is 0 Å². The lowest BCUT2D eigenvalue weighted by Gasteiger charge is -1.99. The van der Waals surface area contributed by atoms with Crippen molar-refractivity contribution in [3.63, 3.8) is 0 Å². The minimum atomic E-state index is -0.255. The number of carbonyl (C=O) groups excluding carboxylic acids is 1. The summed E-state index contributed by atoms with van der Waals surface area (Å²) in [5.74, 6) is -0.255. The molecular weight excluding hydrogens is 176 g/mol. The van der Waals surface area contributed by atoms with Crippen LogP contribution in [0.3, 0.4) is 0 Å². The molecule has 13 heavy (non-hydrogen) atoms. The average molecular weight is 194 g/mol. The second-order valence-electron chi connectivity index (χ2n) is 1.98. The molecule has 0 rings (SSSR count). The van der Waals surface area contributed by atoms with Gasteiger partial charge in [-0.15, -0.1) is 0 Å². The van der Waals surface area contributed by atoms with Crippen LogP contribution in [0.15, 0.2) is 0 Å². The molecule has 0 aromatic rings. The minimum absolute atomic E-state index is 0.125. The van der Waals surface area contributed by atoms with Crippen molar-refractivity contribution in [3.8, 4) is 0 Å². The van der Waals surface area contributed by atoms with Crippen molar-refractivity contribution in [3.05, 3.63) is 0 Å². The van der Waals surface area contributed by atoms with Gasteiger partial charge in [0, 0.05) is 13.5 Å². The van der Waals surface area contributed by atoms with Crippen LogP contribution in [0.25, 0.3) is 0 Å². The molecule has 0 atom stereocenters. The van der Waals surface area contributed by atoms with E-state index in [1.54, 1.807) is 0 Å². The van der Waals surface area contributed by atoms with Gasteiger partial charge >= 0.3 is 5.97 Å². The van der Waals surface area contributed by atoms with Crippen molar-refractivity contribution in [1.29, 1.82) is 0 Å². The fourth-order valence-corrected chi connectivity index (χ4v) is 0.389. The highest BCUT2D eigenvalue weighted by atomic mass is 16.6.